The van der Waals surface area contributed by atoms with E-state index >= 15 is 0 Å². The predicted molar refractivity (Wildman–Crippen MR) is 52.1 cm³/mol. The number of rotatable bonds is 1. The second kappa shape index (κ2) is 3.73. The molecule has 1 aromatic heterocycles. The summed E-state index contributed by atoms with van der Waals surface area (Å²) in [5.74, 6) is -0.970. The summed E-state index contributed by atoms with van der Waals surface area (Å²) >= 11 is 0. The largest absolute Gasteiger partial charge is 0.245 e. The first-order valence-corrected chi connectivity index (χ1v) is 4.40. The van der Waals surface area contributed by atoms with Gasteiger partial charge in [-0.2, -0.15) is 0 Å². The third-order valence-corrected chi connectivity index (χ3v) is 2.08. The van der Waals surface area contributed by atoms with Crippen molar-refractivity contribution < 1.29 is 8.78 Å². The summed E-state index contributed by atoms with van der Waals surface area (Å²) in [5, 5.41) is 0. The highest BCUT2D eigenvalue weighted by Gasteiger charge is 2.09. The van der Waals surface area contributed by atoms with Crippen molar-refractivity contribution in [3.05, 3.63) is 47.9 Å². The SMILES string of the molecule is Cc1cncnc1-c1cc(F)ccc1F. The van der Waals surface area contributed by atoms with Crippen LogP contribution < -0.4 is 0 Å². The lowest BCUT2D eigenvalue weighted by Gasteiger charge is -2.04. The van der Waals surface area contributed by atoms with Crippen LogP contribution in [0.4, 0.5) is 8.78 Å². The summed E-state index contributed by atoms with van der Waals surface area (Å²) in [6.07, 6.45) is 2.87. The van der Waals surface area contributed by atoms with E-state index in [-0.39, 0.29) is 5.56 Å². The van der Waals surface area contributed by atoms with Crippen molar-refractivity contribution in [3.63, 3.8) is 0 Å². The Morgan fingerprint density at radius 2 is 2.00 bits per heavy atom. The highest BCUT2D eigenvalue weighted by molar-refractivity contribution is 5.62. The maximum atomic E-state index is 13.4. The molecule has 4 heteroatoms. The Kier molecular flexibility index (Phi) is 2.41. The first-order chi connectivity index (χ1) is 7.18. The summed E-state index contributed by atoms with van der Waals surface area (Å²) < 4.78 is 26.4. The van der Waals surface area contributed by atoms with Crippen LogP contribution >= 0.6 is 0 Å². The molecule has 15 heavy (non-hydrogen) atoms. The Hall–Kier alpha value is -1.84. The Balaban J connectivity index is 2.64. The second-order valence-electron chi connectivity index (χ2n) is 3.18. The number of benzene rings is 1. The quantitative estimate of drug-likeness (QED) is 0.716. The summed E-state index contributed by atoms with van der Waals surface area (Å²) in [4.78, 5) is 7.73. The van der Waals surface area contributed by atoms with Crippen LogP contribution in [-0.4, -0.2) is 9.97 Å². The molecular formula is C11H8F2N2. The van der Waals surface area contributed by atoms with Gasteiger partial charge in [-0.05, 0) is 30.7 Å². The van der Waals surface area contributed by atoms with Crippen LogP contribution in [0.1, 0.15) is 5.56 Å². The molecule has 0 saturated heterocycles. The van der Waals surface area contributed by atoms with E-state index in [9.17, 15) is 8.78 Å². The molecule has 0 aliphatic rings. The van der Waals surface area contributed by atoms with Gasteiger partial charge in [-0.15, -0.1) is 0 Å². The van der Waals surface area contributed by atoms with Gasteiger partial charge in [0.05, 0.1) is 5.69 Å². The highest BCUT2D eigenvalue weighted by atomic mass is 19.1. The molecular weight excluding hydrogens is 198 g/mol. The normalized spacial score (nSPS) is 10.3. The topological polar surface area (TPSA) is 25.8 Å². The molecule has 1 heterocycles. The average Bonchev–Trinajstić information content (AvgIpc) is 2.23. The van der Waals surface area contributed by atoms with Crippen LogP contribution in [0.2, 0.25) is 0 Å². The fourth-order valence-electron chi connectivity index (χ4n) is 1.36. The number of aromatic nitrogens is 2. The molecule has 0 aliphatic heterocycles. The van der Waals surface area contributed by atoms with Gasteiger partial charge in [0.25, 0.3) is 0 Å². The molecule has 76 valence electrons. The molecule has 1 aromatic carbocycles. The highest BCUT2D eigenvalue weighted by Crippen LogP contribution is 2.23. The smallest absolute Gasteiger partial charge is 0.132 e. The van der Waals surface area contributed by atoms with Crippen LogP contribution in [-0.2, 0) is 0 Å². The van der Waals surface area contributed by atoms with Crippen molar-refractivity contribution in [2.75, 3.05) is 0 Å². The van der Waals surface area contributed by atoms with E-state index < -0.39 is 11.6 Å². The second-order valence-corrected chi connectivity index (χ2v) is 3.18. The van der Waals surface area contributed by atoms with Crippen molar-refractivity contribution in [2.24, 2.45) is 0 Å². The monoisotopic (exact) mass is 206 g/mol. The maximum Gasteiger partial charge on any atom is 0.132 e. The van der Waals surface area contributed by atoms with E-state index in [0.29, 0.717) is 11.3 Å². The van der Waals surface area contributed by atoms with E-state index in [0.717, 1.165) is 18.2 Å². The van der Waals surface area contributed by atoms with E-state index in [1.165, 1.54) is 6.33 Å². The van der Waals surface area contributed by atoms with Crippen molar-refractivity contribution in [1.82, 2.24) is 9.97 Å². The third kappa shape index (κ3) is 1.83. The molecule has 0 aliphatic carbocycles. The molecule has 0 atom stereocenters. The zero-order chi connectivity index (χ0) is 10.8. The Labute approximate surface area is 85.6 Å². The molecule has 2 nitrogen and oxygen atoms in total. The van der Waals surface area contributed by atoms with Gasteiger partial charge in [-0.1, -0.05) is 0 Å². The van der Waals surface area contributed by atoms with Crippen molar-refractivity contribution in [3.8, 4) is 11.3 Å². The van der Waals surface area contributed by atoms with E-state index in [4.69, 9.17) is 0 Å². The standard InChI is InChI=1S/C11H8F2N2/c1-7-5-14-6-15-11(7)9-4-8(12)2-3-10(9)13/h2-6H,1H3. The lowest BCUT2D eigenvalue weighted by Crippen LogP contribution is -1.93. The van der Waals surface area contributed by atoms with E-state index in [1.807, 2.05) is 0 Å². The summed E-state index contributed by atoms with van der Waals surface area (Å²) in [7, 11) is 0. The lowest BCUT2D eigenvalue weighted by molar-refractivity contribution is 0.602. The van der Waals surface area contributed by atoms with Crippen LogP contribution in [0.3, 0.4) is 0 Å². The molecule has 0 radical (unpaired) electrons. The number of nitrogens with zero attached hydrogens (tertiary/aromatic N) is 2. The summed E-state index contributed by atoms with van der Waals surface area (Å²) in [6, 6.07) is 3.30. The number of aryl methyl sites for hydroxylation is 1. The Morgan fingerprint density at radius 3 is 2.73 bits per heavy atom. The minimum absolute atomic E-state index is 0.162. The summed E-state index contributed by atoms with van der Waals surface area (Å²) in [6.45, 7) is 1.75. The molecule has 0 fully saturated rings. The van der Waals surface area contributed by atoms with Gasteiger partial charge in [-0.25, -0.2) is 18.7 Å². The van der Waals surface area contributed by atoms with Crippen LogP contribution in [0.25, 0.3) is 11.3 Å². The zero-order valence-corrected chi connectivity index (χ0v) is 8.04. The lowest BCUT2D eigenvalue weighted by atomic mass is 10.1. The minimum Gasteiger partial charge on any atom is -0.245 e. The van der Waals surface area contributed by atoms with E-state index in [2.05, 4.69) is 9.97 Å². The van der Waals surface area contributed by atoms with Crippen LogP contribution in [0, 0.1) is 18.6 Å². The van der Waals surface area contributed by atoms with Gasteiger partial charge in [-0.3, -0.25) is 0 Å². The maximum absolute atomic E-state index is 13.4. The molecule has 0 amide bonds. The van der Waals surface area contributed by atoms with Crippen molar-refractivity contribution in [1.29, 1.82) is 0 Å². The van der Waals surface area contributed by atoms with Gasteiger partial charge >= 0.3 is 0 Å². The number of halogens is 2. The number of hydrogen-bond acceptors (Lipinski definition) is 2. The predicted octanol–water partition coefficient (Wildman–Crippen LogP) is 2.73. The van der Waals surface area contributed by atoms with Gasteiger partial charge in [0.15, 0.2) is 0 Å². The van der Waals surface area contributed by atoms with Crippen LogP contribution in [0.15, 0.2) is 30.7 Å². The molecule has 0 bridgehead atoms. The fourth-order valence-corrected chi connectivity index (χ4v) is 1.36. The molecule has 0 spiro atoms. The van der Waals surface area contributed by atoms with Gasteiger partial charge in [0, 0.05) is 11.8 Å². The minimum atomic E-state index is -0.488. The van der Waals surface area contributed by atoms with Gasteiger partial charge in [0.2, 0.25) is 0 Å². The van der Waals surface area contributed by atoms with E-state index in [1.54, 1.807) is 13.1 Å². The Bertz CT molecular complexity index is 498. The first-order valence-electron chi connectivity index (χ1n) is 4.40. The zero-order valence-electron chi connectivity index (χ0n) is 8.04. The molecule has 0 unspecified atom stereocenters. The fraction of sp³-hybridized carbons (Fsp3) is 0.0909. The number of hydrogen-bond donors (Lipinski definition) is 0. The third-order valence-electron chi connectivity index (χ3n) is 2.08. The molecule has 2 rings (SSSR count). The average molecular weight is 206 g/mol. The molecule has 0 saturated carbocycles. The van der Waals surface area contributed by atoms with Crippen molar-refractivity contribution >= 4 is 0 Å². The van der Waals surface area contributed by atoms with Crippen molar-refractivity contribution in [2.45, 2.75) is 6.92 Å². The summed E-state index contributed by atoms with van der Waals surface area (Å²) in [5.41, 5.74) is 1.29. The van der Waals surface area contributed by atoms with Gasteiger partial charge in [0.1, 0.15) is 18.0 Å². The molecule has 0 N–H and O–H groups in total. The Morgan fingerprint density at radius 1 is 1.20 bits per heavy atom. The van der Waals surface area contributed by atoms with Gasteiger partial charge < -0.3 is 0 Å². The molecule has 2 aromatic rings. The van der Waals surface area contributed by atoms with Crippen LogP contribution in [0.5, 0.6) is 0 Å². The first kappa shape index (κ1) is 9.71.